The van der Waals surface area contributed by atoms with Crippen LogP contribution in [0.5, 0.6) is 0 Å². The highest BCUT2D eigenvalue weighted by Crippen LogP contribution is 2.18. The van der Waals surface area contributed by atoms with Crippen molar-refractivity contribution in [2.75, 3.05) is 6.61 Å². The van der Waals surface area contributed by atoms with E-state index in [-0.39, 0.29) is 18.5 Å². The predicted molar refractivity (Wildman–Crippen MR) is 94.0 cm³/mol. The smallest absolute Gasteiger partial charge is 0.123 e. The summed E-state index contributed by atoms with van der Waals surface area (Å²) in [5.41, 5.74) is 3.26. The minimum atomic E-state index is -0.235. The van der Waals surface area contributed by atoms with Gasteiger partial charge in [-0.3, -0.25) is 9.58 Å². The molecule has 24 heavy (non-hydrogen) atoms. The monoisotopic (exact) mass is 331 g/mol. The van der Waals surface area contributed by atoms with Crippen LogP contribution in [-0.4, -0.2) is 32.4 Å². The van der Waals surface area contributed by atoms with Crippen molar-refractivity contribution < 1.29 is 9.50 Å². The summed E-state index contributed by atoms with van der Waals surface area (Å²) in [6, 6.07) is 6.58. The van der Waals surface area contributed by atoms with Gasteiger partial charge in [-0.25, -0.2) is 4.39 Å². The van der Waals surface area contributed by atoms with Crippen LogP contribution in [0.15, 0.2) is 43.1 Å². The van der Waals surface area contributed by atoms with E-state index in [2.05, 4.69) is 23.5 Å². The van der Waals surface area contributed by atoms with Crippen LogP contribution in [0.4, 0.5) is 4.39 Å². The number of halogens is 1. The highest BCUT2D eigenvalue weighted by molar-refractivity contribution is 5.19. The Bertz CT molecular complexity index is 647. The number of rotatable bonds is 9. The molecule has 5 heteroatoms. The summed E-state index contributed by atoms with van der Waals surface area (Å²) in [6.07, 6.45) is 4.54. The van der Waals surface area contributed by atoms with Crippen molar-refractivity contribution in [2.45, 2.75) is 45.9 Å². The number of benzene rings is 1. The van der Waals surface area contributed by atoms with Crippen LogP contribution in [-0.2, 0) is 19.6 Å². The molecule has 0 fully saturated rings. The van der Waals surface area contributed by atoms with E-state index in [1.54, 1.807) is 12.1 Å². The van der Waals surface area contributed by atoms with E-state index in [0.717, 1.165) is 23.2 Å². The third kappa shape index (κ3) is 4.52. The second-order valence-electron chi connectivity index (χ2n) is 6.00. The van der Waals surface area contributed by atoms with Crippen LogP contribution in [0.25, 0.3) is 0 Å². The SMILES string of the molecule is C=CCn1ncc(CN(Cc2ccc(F)cc2)C(CC)CO)c1C. The lowest BCUT2D eigenvalue weighted by Gasteiger charge is -2.30. The van der Waals surface area contributed by atoms with E-state index in [1.165, 1.54) is 12.1 Å². The average molecular weight is 331 g/mol. The zero-order chi connectivity index (χ0) is 17.5. The zero-order valence-corrected chi connectivity index (χ0v) is 14.5. The Hall–Kier alpha value is -1.98. The van der Waals surface area contributed by atoms with Crippen LogP contribution in [0.1, 0.15) is 30.2 Å². The van der Waals surface area contributed by atoms with E-state index in [4.69, 9.17) is 0 Å². The maximum Gasteiger partial charge on any atom is 0.123 e. The van der Waals surface area contributed by atoms with Gasteiger partial charge in [0, 0.05) is 30.4 Å². The maximum atomic E-state index is 13.1. The summed E-state index contributed by atoms with van der Waals surface area (Å²) < 4.78 is 15.0. The van der Waals surface area contributed by atoms with Crippen molar-refractivity contribution in [2.24, 2.45) is 0 Å². The Morgan fingerprint density at radius 1 is 1.33 bits per heavy atom. The molecule has 130 valence electrons. The Morgan fingerprint density at radius 3 is 2.62 bits per heavy atom. The molecule has 0 amide bonds. The molecule has 1 atom stereocenters. The number of aliphatic hydroxyl groups is 1. The largest absolute Gasteiger partial charge is 0.395 e. The predicted octanol–water partition coefficient (Wildman–Crippen LogP) is 3.29. The minimum Gasteiger partial charge on any atom is -0.395 e. The van der Waals surface area contributed by atoms with Crippen molar-refractivity contribution >= 4 is 0 Å². The lowest BCUT2D eigenvalue weighted by Crippen LogP contribution is -2.36. The lowest BCUT2D eigenvalue weighted by atomic mass is 10.1. The standard InChI is InChI=1S/C19H26FN3O/c1-4-10-23-15(3)17(11-21-23)13-22(19(5-2)14-24)12-16-6-8-18(20)9-7-16/h4,6-9,11,19,24H,1,5,10,12-14H2,2-3H3. The number of hydrogen-bond acceptors (Lipinski definition) is 3. The van der Waals surface area contributed by atoms with Gasteiger partial charge in [-0.15, -0.1) is 6.58 Å². The van der Waals surface area contributed by atoms with Crippen molar-refractivity contribution in [1.82, 2.24) is 14.7 Å². The molecule has 2 aromatic rings. The molecular formula is C19H26FN3O. The molecule has 0 aliphatic rings. The van der Waals surface area contributed by atoms with Gasteiger partial charge < -0.3 is 5.11 Å². The van der Waals surface area contributed by atoms with Crippen LogP contribution < -0.4 is 0 Å². The molecule has 1 aromatic heterocycles. The van der Waals surface area contributed by atoms with Crippen molar-refractivity contribution in [1.29, 1.82) is 0 Å². The fourth-order valence-corrected chi connectivity index (χ4v) is 2.81. The fourth-order valence-electron chi connectivity index (χ4n) is 2.81. The zero-order valence-electron chi connectivity index (χ0n) is 14.5. The van der Waals surface area contributed by atoms with Gasteiger partial charge in [0.25, 0.3) is 0 Å². The van der Waals surface area contributed by atoms with Crippen LogP contribution in [0.2, 0.25) is 0 Å². The second-order valence-corrected chi connectivity index (χ2v) is 6.00. The minimum absolute atomic E-state index is 0.0530. The average Bonchev–Trinajstić information content (AvgIpc) is 2.92. The molecule has 4 nitrogen and oxygen atoms in total. The van der Waals surface area contributed by atoms with Gasteiger partial charge in [0.05, 0.1) is 19.3 Å². The summed E-state index contributed by atoms with van der Waals surface area (Å²) in [7, 11) is 0. The summed E-state index contributed by atoms with van der Waals surface area (Å²) in [6.45, 7) is 9.98. The van der Waals surface area contributed by atoms with Crippen LogP contribution in [0.3, 0.4) is 0 Å². The normalized spacial score (nSPS) is 12.5. The van der Waals surface area contributed by atoms with Gasteiger partial charge in [0.2, 0.25) is 0 Å². The maximum absolute atomic E-state index is 13.1. The van der Waals surface area contributed by atoms with Crippen LogP contribution >= 0.6 is 0 Å². The molecule has 1 unspecified atom stereocenters. The third-order valence-electron chi connectivity index (χ3n) is 4.38. The molecule has 0 aliphatic heterocycles. The molecule has 2 rings (SSSR count). The molecule has 0 radical (unpaired) electrons. The molecule has 1 heterocycles. The van der Waals surface area contributed by atoms with Crippen molar-refractivity contribution in [3.63, 3.8) is 0 Å². The van der Waals surface area contributed by atoms with Crippen molar-refractivity contribution in [3.05, 3.63) is 65.8 Å². The topological polar surface area (TPSA) is 41.3 Å². The summed E-state index contributed by atoms with van der Waals surface area (Å²) in [4.78, 5) is 2.22. The molecule has 0 saturated heterocycles. The Kier molecular flexibility index (Phi) is 6.70. The molecule has 0 aliphatic carbocycles. The Labute approximate surface area is 143 Å². The first-order valence-corrected chi connectivity index (χ1v) is 8.30. The first kappa shape index (κ1) is 18.4. The first-order valence-electron chi connectivity index (χ1n) is 8.30. The van der Waals surface area contributed by atoms with Gasteiger partial charge in [-0.2, -0.15) is 5.10 Å². The molecule has 1 N–H and O–H groups in total. The van der Waals surface area contributed by atoms with Crippen LogP contribution in [0, 0.1) is 12.7 Å². The molecular weight excluding hydrogens is 305 g/mol. The molecule has 0 bridgehead atoms. The third-order valence-corrected chi connectivity index (χ3v) is 4.38. The first-order chi connectivity index (χ1) is 11.6. The van der Waals surface area contributed by atoms with Crippen molar-refractivity contribution in [3.8, 4) is 0 Å². The summed E-state index contributed by atoms with van der Waals surface area (Å²) in [5.74, 6) is -0.235. The summed E-state index contributed by atoms with van der Waals surface area (Å²) in [5, 5.41) is 14.1. The molecule has 0 saturated carbocycles. The molecule has 1 aromatic carbocycles. The van der Waals surface area contributed by atoms with Gasteiger partial charge in [-0.1, -0.05) is 25.1 Å². The van der Waals surface area contributed by atoms with Gasteiger partial charge >= 0.3 is 0 Å². The number of hydrogen-bond donors (Lipinski definition) is 1. The second kappa shape index (κ2) is 8.76. The van der Waals surface area contributed by atoms with E-state index >= 15 is 0 Å². The highest BCUT2D eigenvalue weighted by atomic mass is 19.1. The lowest BCUT2D eigenvalue weighted by molar-refractivity contribution is 0.106. The van der Waals surface area contributed by atoms with Gasteiger partial charge in [0.1, 0.15) is 5.82 Å². The fraction of sp³-hybridized carbons (Fsp3) is 0.421. The quantitative estimate of drug-likeness (QED) is 0.717. The number of aliphatic hydroxyl groups excluding tert-OH is 1. The van der Waals surface area contributed by atoms with E-state index in [1.807, 2.05) is 23.9 Å². The summed E-state index contributed by atoms with van der Waals surface area (Å²) >= 11 is 0. The Morgan fingerprint density at radius 2 is 2.04 bits per heavy atom. The van der Waals surface area contributed by atoms with Gasteiger partial charge in [0.15, 0.2) is 0 Å². The number of allylic oxidation sites excluding steroid dienone is 1. The number of nitrogens with zero attached hydrogens (tertiary/aromatic N) is 3. The number of aromatic nitrogens is 2. The highest BCUT2D eigenvalue weighted by Gasteiger charge is 2.19. The van der Waals surface area contributed by atoms with Gasteiger partial charge in [-0.05, 0) is 31.0 Å². The Balaban J connectivity index is 2.19. The molecule has 0 spiro atoms. The van der Waals surface area contributed by atoms with E-state index in [9.17, 15) is 9.50 Å². The van der Waals surface area contributed by atoms with E-state index in [0.29, 0.717) is 19.6 Å². The van der Waals surface area contributed by atoms with E-state index < -0.39 is 0 Å².